The minimum absolute atomic E-state index is 0.0268. The maximum absolute atomic E-state index is 13.6. The Bertz CT molecular complexity index is 879. The van der Waals surface area contributed by atoms with E-state index in [-0.39, 0.29) is 30.2 Å². The number of hydrogen-bond donors (Lipinski definition) is 3. The smallest absolute Gasteiger partial charge is 0.412 e. The van der Waals surface area contributed by atoms with Gasteiger partial charge in [0.05, 0.1) is 11.4 Å². The van der Waals surface area contributed by atoms with Crippen LogP contribution < -0.4 is 16.0 Å². The quantitative estimate of drug-likeness (QED) is 0.683. The standard InChI is InChI=1S/C21H24FN3O4/c1-21(2,3)29-20(28)25-16-10-9-15(22)13-17(16)24-18(26)11-12-23-19(27)14-7-5-4-6-8-14/h4-10,13H,11-12H2,1-3H3,(H,23,27)(H,24,26)(H,25,28). The van der Waals surface area contributed by atoms with Crippen molar-refractivity contribution in [3.8, 4) is 0 Å². The predicted octanol–water partition coefficient (Wildman–Crippen LogP) is 3.93. The number of rotatable bonds is 6. The van der Waals surface area contributed by atoms with Crippen LogP contribution in [0.2, 0.25) is 0 Å². The van der Waals surface area contributed by atoms with E-state index in [9.17, 15) is 18.8 Å². The first-order valence-electron chi connectivity index (χ1n) is 9.07. The first-order valence-corrected chi connectivity index (χ1v) is 9.07. The summed E-state index contributed by atoms with van der Waals surface area (Å²) >= 11 is 0. The van der Waals surface area contributed by atoms with Crippen LogP contribution in [-0.2, 0) is 9.53 Å². The third kappa shape index (κ3) is 7.61. The second-order valence-corrected chi connectivity index (χ2v) is 7.24. The van der Waals surface area contributed by atoms with Crippen LogP contribution in [0.5, 0.6) is 0 Å². The van der Waals surface area contributed by atoms with Crippen molar-refractivity contribution >= 4 is 29.3 Å². The fourth-order valence-corrected chi connectivity index (χ4v) is 2.34. The van der Waals surface area contributed by atoms with E-state index in [1.165, 1.54) is 6.07 Å². The number of hydrogen-bond acceptors (Lipinski definition) is 4. The lowest BCUT2D eigenvalue weighted by Crippen LogP contribution is -2.28. The third-order valence-corrected chi connectivity index (χ3v) is 3.56. The zero-order valence-corrected chi connectivity index (χ0v) is 16.5. The normalized spacial score (nSPS) is 10.8. The summed E-state index contributed by atoms with van der Waals surface area (Å²) in [5, 5.41) is 7.65. The van der Waals surface area contributed by atoms with Crippen LogP contribution in [0.4, 0.5) is 20.6 Å². The lowest BCUT2D eigenvalue weighted by atomic mass is 10.2. The largest absolute Gasteiger partial charge is 0.444 e. The first kappa shape index (κ1) is 21.9. The number of amides is 3. The van der Waals surface area contributed by atoms with E-state index in [1.807, 2.05) is 0 Å². The summed E-state index contributed by atoms with van der Waals surface area (Å²) in [6, 6.07) is 12.2. The van der Waals surface area contributed by atoms with Gasteiger partial charge in [-0.3, -0.25) is 14.9 Å². The van der Waals surface area contributed by atoms with Crippen molar-refractivity contribution in [3.05, 3.63) is 59.9 Å². The van der Waals surface area contributed by atoms with Crippen molar-refractivity contribution in [3.63, 3.8) is 0 Å². The van der Waals surface area contributed by atoms with Crippen molar-refractivity contribution in [2.75, 3.05) is 17.2 Å². The summed E-state index contributed by atoms with van der Waals surface area (Å²) in [7, 11) is 0. The molecule has 0 atom stereocenters. The zero-order chi connectivity index (χ0) is 21.4. The monoisotopic (exact) mass is 401 g/mol. The molecule has 154 valence electrons. The third-order valence-electron chi connectivity index (χ3n) is 3.56. The van der Waals surface area contributed by atoms with Gasteiger partial charge >= 0.3 is 6.09 Å². The average molecular weight is 401 g/mol. The van der Waals surface area contributed by atoms with Crippen LogP contribution in [0.3, 0.4) is 0 Å². The molecule has 29 heavy (non-hydrogen) atoms. The van der Waals surface area contributed by atoms with Gasteiger partial charge in [-0.25, -0.2) is 9.18 Å². The van der Waals surface area contributed by atoms with Crippen LogP contribution in [0.15, 0.2) is 48.5 Å². The van der Waals surface area contributed by atoms with E-state index in [2.05, 4.69) is 16.0 Å². The van der Waals surface area contributed by atoms with Crippen molar-refractivity contribution in [1.82, 2.24) is 5.32 Å². The molecule has 0 aromatic heterocycles. The molecule has 7 nitrogen and oxygen atoms in total. The molecule has 0 unspecified atom stereocenters. The van der Waals surface area contributed by atoms with Crippen molar-refractivity contribution in [2.45, 2.75) is 32.8 Å². The Labute approximate surface area is 168 Å². The Kier molecular flexibility index (Phi) is 7.30. The predicted molar refractivity (Wildman–Crippen MR) is 108 cm³/mol. The molecular formula is C21H24FN3O4. The Morgan fingerprint density at radius 3 is 2.31 bits per heavy atom. The lowest BCUT2D eigenvalue weighted by molar-refractivity contribution is -0.116. The summed E-state index contributed by atoms with van der Waals surface area (Å²) in [6.07, 6.45) is -0.754. The summed E-state index contributed by atoms with van der Waals surface area (Å²) in [4.78, 5) is 36.1. The molecule has 0 spiro atoms. The highest BCUT2D eigenvalue weighted by Crippen LogP contribution is 2.24. The van der Waals surface area contributed by atoms with E-state index in [0.29, 0.717) is 5.56 Å². The molecule has 0 aliphatic heterocycles. The molecule has 0 radical (unpaired) electrons. The van der Waals surface area contributed by atoms with Gasteiger partial charge in [0.1, 0.15) is 11.4 Å². The average Bonchev–Trinajstić information content (AvgIpc) is 2.63. The Morgan fingerprint density at radius 1 is 0.966 bits per heavy atom. The zero-order valence-electron chi connectivity index (χ0n) is 16.5. The number of nitrogens with one attached hydrogen (secondary N) is 3. The van der Waals surface area contributed by atoms with E-state index in [0.717, 1.165) is 12.1 Å². The van der Waals surface area contributed by atoms with Crippen molar-refractivity contribution in [1.29, 1.82) is 0 Å². The highest BCUT2D eigenvalue weighted by Gasteiger charge is 2.18. The summed E-state index contributed by atoms with van der Waals surface area (Å²) < 4.78 is 18.8. The van der Waals surface area contributed by atoms with Gasteiger partial charge in [-0.2, -0.15) is 0 Å². The minimum atomic E-state index is -0.727. The highest BCUT2D eigenvalue weighted by atomic mass is 19.1. The fourth-order valence-electron chi connectivity index (χ4n) is 2.34. The second kappa shape index (κ2) is 9.68. The number of carbonyl (C=O) groups excluding carboxylic acids is 3. The van der Waals surface area contributed by atoms with E-state index in [4.69, 9.17) is 4.74 Å². The van der Waals surface area contributed by atoms with Crippen LogP contribution >= 0.6 is 0 Å². The van der Waals surface area contributed by atoms with Crippen LogP contribution in [-0.4, -0.2) is 30.1 Å². The van der Waals surface area contributed by atoms with Crippen molar-refractivity contribution < 1.29 is 23.5 Å². The molecule has 2 aromatic carbocycles. The van der Waals surface area contributed by atoms with Gasteiger partial charge in [-0.1, -0.05) is 18.2 Å². The first-order chi connectivity index (χ1) is 13.6. The molecule has 3 amide bonds. The summed E-state index contributed by atoms with van der Waals surface area (Å²) in [5.41, 5.74) is 0.0734. The number of carbonyl (C=O) groups is 3. The molecule has 0 heterocycles. The van der Waals surface area contributed by atoms with Gasteiger partial charge in [0, 0.05) is 18.5 Å². The Morgan fingerprint density at radius 2 is 1.66 bits per heavy atom. The van der Waals surface area contributed by atoms with E-state index < -0.39 is 23.4 Å². The Hall–Kier alpha value is -3.42. The molecule has 2 rings (SSSR count). The molecule has 0 aliphatic rings. The maximum Gasteiger partial charge on any atom is 0.412 e. The van der Waals surface area contributed by atoms with Gasteiger partial charge in [0.15, 0.2) is 0 Å². The van der Waals surface area contributed by atoms with Gasteiger partial charge in [0.2, 0.25) is 5.91 Å². The molecule has 2 aromatic rings. The van der Waals surface area contributed by atoms with Crippen LogP contribution in [0.1, 0.15) is 37.6 Å². The van der Waals surface area contributed by atoms with E-state index >= 15 is 0 Å². The number of ether oxygens (including phenoxy) is 1. The molecule has 0 saturated carbocycles. The molecule has 0 saturated heterocycles. The van der Waals surface area contributed by atoms with Crippen LogP contribution in [0.25, 0.3) is 0 Å². The number of anilines is 2. The maximum atomic E-state index is 13.6. The highest BCUT2D eigenvalue weighted by molar-refractivity contribution is 5.98. The molecule has 8 heteroatoms. The van der Waals surface area contributed by atoms with Crippen LogP contribution in [0, 0.1) is 5.82 Å². The molecular weight excluding hydrogens is 377 g/mol. The Balaban J connectivity index is 1.92. The number of benzene rings is 2. The molecule has 0 aliphatic carbocycles. The number of halogens is 1. The van der Waals surface area contributed by atoms with Crippen molar-refractivity contribution in [2.24, 2.45) is 0 Å². The topological polar surface area (TPSA) is 96.5 Å². The SMILES string of the molecule is CC(C)(C)OC(=O)Nc1ccc(F)cc1NC(=O)CCNC(=O)c1ccccc1. The minimum Gasteiger partial charge on any atom is -0.444 e. The van der Waals surface area contributed by atoms with Gasteiger partial charge in [0.25, 0.3) is 5.91 Å². The molecule has 0 fully saturated rings. The lowest BCUT2D eigenvalue weighted by Gasteiger charge is -2.20. The molecule has 0 bridgehead atoms. The summed E-state index contributed by atoms with van der Waals surface area (Å²) in [5.74, 6) is -1.32. The summed E-state index contributed by atoms with van der Waals surface area (Å²) in [6.45, 7) is 5.24. The van der Waals surface area contributed by atoms with Gasteiger partial charge in [-0.05, 0) is 51.1 Å². The van der Waals surface area contributed by atoms with E-state index in [1.54, 1.807) is 51.1 Å². The molecule has 3 N–H and O–H groups in total. The van der Waals surface area contributed by atoms with Gasteiger partial charge in [-0.15, -0.1) is 0 Å². The van der Waals surface area contributed by atoms with Gasteiger partial charge < -0.3 is 15.4 Å². The second-order valence-electron chi connectivity index (χ2n) is 7.24. The fraction of sp³-hybridized carbons (Fsp3) is 0.286.